The molecule has 2 aromatic carbocycles. The zero-order valence-electron chi connectivity index (χ0n) is 18.9. The van der Waals surface area contributed by atoms with Gasteiger partial charge in [-0.15, -0.1) is 0 Å². The molecule has 0 aliphatic carbocycles. The fourth-order valence-electron chi connectivity index (χ4n) is 3.88. The van der Waals surface area contributed by atoms with E-state index in [2.05, 4.69) is 4.74 Å². The Morgan fingerprint density at radius 2 is 2.00 bits per heavy atom. The Bertz CT molecular complexity index is 1210. The zero-order valence-corrected chi connectivity index (χ0v) is 19.7. The highest BCUT2D eigenvalue weighted by molar-refractivity contribution is 6.32. The topological polar surface area (TPSA) is 68.2 Å². The van der Waals surface area contributed by atoms with Crippen LogP contribution in [0.5, 0.6) is 17.2 Å². The number of halogens is 5. The number of ether oxygens (including phenoxy) is 3. The van der Waals surface area contributed by atoms with Gasteiger partial charge in [-0.1, -0.05) is 23.7 Å². The van der Waals surface area contributed by atoms with E-state index in [1.54, 1.807) is 18.2 Å². The van der Waals surface area contributed by atoms with Crippen molar-refractivity contribution in [1.82, 2.24) is 4.90 Å². The molecule has 4 rings (SSSR count). The highest BCUT2D eigenvalue weighted by atomic mass is 35.5. The van der Waals surface area contributed by atoms with Crippen molar-refractivity contribution in [1.29, 1.82) is 0 Å². The van der Waals surface area contributed by atoms with Gasteiger partial charge in [-0.25, -0.2) is 9.18 Å². The molecule has 36 heavy (non-hydrogen) atoms. The van der Waals surface area contributed by atoms with Gasteiger partial charge < -0.3 is 19.3 Å². The maximum absolute atomic E-state index is 14.8. The lowest BCUT2D eigenvalue weighted by molar-refractivity contribution is -0.153. The van der Waals surface area contributed by atoms with Gasteiger partial charge in [0.25, 0.3) is 0 Å². The number of alkyl halides is 3. The van der Waals surface area contributed by atoms with Crippen molar-refractivity contribution in [2.75, 3.05) is 32.8 Å². The molecule has 2 heterocycles. The number of aliphatic carboxylic acids is 1. The van der Waals surface area contributed by atoms with Gasteiger partial charge in [0.1, 0.15) is 36.3 Å². The molecule has 0 aromatic heterocycles. The Morgan fingerprint density at radius 1 is 1.19 bits per heavy atom. The number of carbonyl (C=O) groups is 1. The maximum Gasteiger partial charge on any atom is 0.422 e. The molecule has 0 spiro atoms. The molecule has 0 saturated heterocycles. The second-order valence-corrected chi connectivity index (χ2v) is 8.81. The third-order valence-electron chi connectivity index (χ3n) is 5.55. The summed E-state index contributed by atoms with van der Waals surface area (Å²) in [6, 6.07) is 7.01. The van der Waals surface area contributed by atoms with E-state index in [0.717, 1.165) is 5.57 Å². The summed E-state index contributed by atoms with van der Waals surface area (Å²) in [6.07, 6.45) is -0.425. The number of benzene rings is 2. The van der Waals surface area contributed by atoms with Crippen LogP contribution in [0, 0.1) is 5.82 Å². The average molecular weight is 528 g/mol. The van der Waals surface area contributed by atoms with Gasteiger partial charge in [0.2, 0.25) is 0 Å². The molecule has 0 radical (unpaired) electrons. The molecule has 1 N–H and O–H groups in total. The number of hydrogen-bond donors (Lipinski definition) is 1. The van der Waals surface area contributed by atoms with Gasteiger partial charge in [0.15, 0.2) is 6.61 Å². The second-order valence-electron chi connectivity index (χ2n) is 8.40. The highest BCUT2D eigenvalue weighted by Crippen LogP contribution is 2.34. The van der Waals surface area contributed by atoms with Crippen molar-refractivity contribution in [2.45, 2.75) is 19.2 Å². The van der Waals surface area contributed by atoms with Gasteiger partial charge in [-0.3, -0.25) is 4.90 Å². The van der Waals surface area contributed by atoms with Gasteiger partial charge in [0.05, 0.1) is 10.6 Å². The van der Waals surface area contributed by atoms with Crippen LogP contribution in [-0.4, -0.2) is 55.0 Å². The number of rotatable bonds is 8. The highest BCUT2D eigenvalue weighted by Gasteiger charge is 2.29. The zero-order chi connectivity index (χ0) is 25.9. The number of fused-ring (bicyclic) bond motifs is 1. The minimum absolute atomic E-state index is 0.00218. The molecule has 0 fully saturated rings. The first-order valence-corrected chi connectivity index (χ1v) is 11.4. The van der Waals surface area contributed by atoms with Crippen molar-refractivity contribution in [2.24, 2.45) is 0 Å². The lowest BCUT2D eigenvalue weighted by Gasteiger charge is -2.28. The Labute approximate surface area is 209 Å². The van der Waals surface area contributed by atoms with E-state index in [0.29, 0.717) is 42.9 Å². The van der Waals surface area contributed by atoms with Crippen molar-refractivity contribution in [3.05, 3.63) is 69.5 Å². The van der Waals surface area contributed by atoms with E-state index in [1.165, 1.54) is 24.3 Å². The Kier molecular flexibility index (Phi) is 7.75. The molecule has 2 aromatic rings. The summed E-state index contributed by atoms with van der Waals surface area (Å²) in [5, 5.41) is 9.20. The normalized spacial score (nSPS) is 15.9. The van der Waals surface area contributed by atoms with Crippen LogP contribution < -0.4 is 14.2 Å². The molecule has 11 heteroatoms. The molecule has 0 unspecified atom stereocenters. The SMILES string of the molecule is O=C(O)C1=CCCN(CC2=Cc3c(F)cc(OCc4ccc(OCC(F)(F)F)c(Cl)c4)cc3OC2)C1. The fourth-order valence-corrected chi connectivity index (χ4v) is 4.14. The van der Waals surface area contributed by atoms with Crippen LogP contribution in [0.3, 0.4) is 0 Å². The number of hydrogen-bond acceptors (Lipinski definition) is 5. The molecule has 0 saturated carbocycles. The Balaban J connectivity index is 1.38. The minimum Gasteiger partial charge on any atom is -0.489 e. The van der Waals surface area contributed by atoms with Gasteiger partial charge in [0, 0.05) is 37.3 Å². The lowest BCUT2D eigenvalue weighted by atomic mass is 10.0. The van der Waals surface area contributed by atoms with Crippen molar-refractivity contribution >= 4 is 23.6 Å². The third kappa shape index (κ3) is 6.70. The summed E-state index contributed by atoms with van der Waals surface area (Å²) in [4.78, 5) is 13.2. The second kappa shape index (κ2) is 10.8. The minimum atomic E-state index is -4.48. The summed E-state index contributed by atoms with van der Waals surface area (Å²) in [5.41, 5.74) is 2.00. The molecule has 0 atom stereocenters. The van der Waals surface area contributed by atoms with Gasteiger partial charge >= 0.3 is 12.1 Å². The van der Waals surface area contributed by atoms with E-state index in [-0.39, 0.29) is 35.3 Å². The molecule has 2 aliphatic heterocycles. The maximum atomic E-state index is 14.8. The van der Waals surface area contributed by atoms with E-state index in [4.69, 9.17) is 21.1 Å². The quantitative estimate of drug-likeness (QED) is 0.458. The van der Waals surface area contributed by atoms with Crippen LogP contribution in [0.1, 0.15) is 17.5 Å². The summed E-state index contributed by atoms with van der Waals surface area (Å²) >= 11 is 6.00. The summed E-state index contributed by atoms with van der Waals surface area (Å²) in [7, 11) is 0. The predicted molar refractivity (Wildman–Crippen MR) is 124 cm³/mol. The van der Waals surface area contributed by atoms with E-state index in [1.807, 2.05) is 4.90 Å². The number of nitrogens with zero attached hydrogens (tertiary/aromatic N) is 1. The molecular weight excluding hydrogens is 506 g/mol. The molecule has 2 aliphatic rings. The molecule has 0 amide bonds. The molecule has 0 bridgehead atoms. The molecule has 192 valence electrons. The molecule has 6 nitrogen and oxygen atoms in total. The van der Waals surface area contributed by atoms with Crippen molar-refractivity contribution in [3.63, 3.8) is 0 Å². The smallest absolute Gasteiger partial charge is 0.422 e. The monoisotopic (exact) mass is 527 g/mol. The van der Waals surface area contributed by atoms with Crippen molar-refractivity contribution < 1.29 is 41.7 Å². The van der Waals surface area contributed by atoms with Crippen LogP contribution in [0.4, 0.5) is 17.6 Å². The van der Waals surface area contributed by atoms with Crippen LogP contribution in [0.2, 0.25) is 5.02 Å². The average Bonchev–Trinajstić information content (AvgIpc) is 2.82. The third-order valence-corrected chi connectivity index (χ3v) is 5.85. The largest absolute Gasteiger partial charge is 0.489 e. The van der Waals surface area contributed by atoms with E-state index in [9.17, 15) is 27.5 Å². The molecular formula is C25H22ClF4NO5. The fraction of sp³-hybridized carbons (Fsp3) is 0.320. The first-order valence-electron chi connectivity index (χ1n) is 11.0. The first-order chi connectivity index (χ1) is 17.1. The first kappa shape index (κ1) is 25.8. The van der Waals surface area contributed by atoms with Crippen LogP contribution >= 0.6 is 11.6 Å². The lowest BCUT2D eigenvalue weighted by Crippen LogP contribution is -2.35. The standard InChI is InChI=1S/C25H22ClF4NO5/c26-20-7-15(3-4-22(20)36-14-25(28,29)30)12-34-18-8-21(27)19-6-16(13-35-23(19)9-18)10-31-5-1-2-17(11-31)24(32)33/h2-4,6-9H,1,5,10-14H2,(H,32,33). The number of carboxylic acid groups (broad SMARTS) is 1. The predicted octanol–water partition coefficient (Wildman–Crippen LogP) is 5.49. The van der Waals surface area contributed by atoms with Gasteiger partial charge in [-0.2, -0.15) is 13.2 Å². The van der Waals surface area contributed by atoms with Crippen molar-refractivity contribution in [3.8, 4) is 17.2 Å². The summed E-state index contributed by atoms with van der Waals surface area (Å²) in [6.45, 7) is 0.251. The Hall–Kier alpha value is -3.24. The van der Waals surface area contributed by atoms with Gasteiger partial charge in [-0.05, 0) is 35.8 Å². The van der Waals surface area contributed by atoms with Crippen LogP contribution in [0.15, 0.2) is 47.6 Å². The number of carboxylic acids is 1. The van der Waals surface area contributed by atoms with Crippen LogP contribution in [0.25, 0.3) is 6.08 Å². The van der Waals surface area contributed by atoms with Crippen LogP contribution in [-0.2, 0) is 11.4 Å². The van der Waals surface area contributed by atoms with E-state index < -0.39 is 24.6 Å². The van der Waals surface area contributed by atoms with E-state index >= 15 is 0 Å². The summed E-state index contributed by atoms with van der Waals surface area (Å²) < 4.78 is 67.9. The Morgan fingerprint density at radius 3 is 2.72 bits per heavy atom. The summed E-state index contributed by atoms with van der Waals surface area (Å²) in [5.74, 6) is -1.06.